The van der Waals surface area contributed by atoms with Crippen LogP contribution in [0.1, 0.15) is 15.9 Å². The van der Waals surface area contributed by atoms with Gasteiger partial charge in [-0.1, -0.05) is 11.6 Å². The van der Waals surface area contributed by atoms with Crippen LogP contribution in [0.5, 0.6) is 5.75 Å². The van der Waals surface area contributed by atoms with E-state index >= 15 is 0 Å². The van der Waals surface area contributed by atoms with E-state index in [0.717, 1.165) is 5.56 Å². The smallest absolute Gasteiger partial charge is 0.255 e. The standard InChI is InChI=1S/C13H14ClN3O2/c1-17-8-9(7-16-17)6-15-13(18)11-5-10(14)3-4-12(11)19-2/h3-5,7-8H,6H2,1-2H3,(H,15,18). The predicted octanol–water partition coefficient (Wildman–Crippen LogP) is 2.01. The summed E-state index contributed by atoms with van der Waals surface area (Å²) in [4.78, 5) is 12.1. The van der Waals surface area contributed by atoms with Crippen LogP contribution in [0.2, 0.25) is 5.02 Å². The highest BCUT2D eigenvalue weighted by Crippen LogP contribution is 2.22. The molecular weight excluding hydrogens is 266 g/mol. The van der Waals surface area contributed by atoms with Gasteiger partial charge in [0, 0.05) is 30.4 Å². The molecule has 0 saturated heterocycles. The minimum atomic E-state index is -0.233. The zero-order chi connectivity index (χ0) is 13.8. The summed E-state index contributed by atoms with van der Waals surface area (Å²) in [6.45, 7) is 0.405. The number of carbonyl (C=O) groups is 1. The van der Waals surface area contributed by atoms with E-state index in [2.05, 4.69) is 10.4 Å². The first-order valence-corrected chi connectivity index (χ1v) is 6.07. The molecule has 1 N–H and O–H groups in total. The fourth-order valence-electron chi connectivity index (χ4n) is 1.70. The predicted molar refractivity (Wildman–Crippen MR) is 72.4 cm³/mol. The number of hydrogen-bond donors (Lipinski definition) is 1. The first-order valence-electron chi connectivity index (χ1n) is 5.69. The number of amides is 1. The Kier molecular flexibility index (Phi) is 4.06. The summed E-state index contributed by atoms with van der Waals surface area (Å²) in [7, 11) is 3.34. The number of ether oxygens (including phenoxy) is 1. The maximum Gasteiger partial charge on any atom is 0.255 e. The molecule has 1 heterocycles. The lowest BCUT2D eigenvalue weighted by Gasteiger charge is -2.09. The Morgan fingerprint density at radius 1 is 1.53 bits per heavy atom. The molecule has 1 amide bonds. The van der Waals surface area contributed by atoms with Crippen molar-refractivity contribution in [1.82, 2.24) is 15.1 Å². The van der Waals surface area contributed by atoms with Crippen molar-refractivity contribution in [3.8, 4) is 5.75 Å². The lowest BCUT2D eigenvalue weighted by molar-refractivity contribution is 0.0948. The number of aromatic nitrogens is 2. The summed E-state index contributed by atoms with van der Waals surface area (Å²) in [6.07, 6.45) is 3.55. The third-order valence-corrected chi connectivity index (χ3v) is 2.85. The van der Waals surface area contributed by atoms with Crippen molar-refractivity contribution >= 4 is 17.5 Å². The van der Waals surface area contributed by atoms with E-state index in [1.807, 2.05) is 13.2 Å². The summed E-state index contributed by atoms with van der Waals surface area (Å²) in [5.41, 5.74) is 1.34. The fraction of sp³-hybridized carbons (Fsp3) is 0.231. The Bertz CT molecular complexity index is 595. The summed E-state index contributed by atoms with van der Waals surface area (Å²) < 4.78 is 6.82. The Labute approximate surface area is 116 Å². The molecule has 0 fully saturated rings. The minimum absolute atomic E-state index is 0.233. The van der Waals surface area contributed by atoms with Crippen LogP contribution in [0.3, 0.4) is 0 Å². The molecule has 0 unspecified atom stereocenters. The summed E-state index contributed by atoms with van der Waals surface area (Å²) in [5, 5.41) is 7.33. The van der Waals surface area contributed by atoms with Crippen LogP contribution >= 0.6 is 11.6 Å². The van der Waals surface area contributed by atoms with E-state index < -0.39 is 0 Å². The molecule has 2 rings (SSSR count). The van der Waals surface area contributed by atoms with E-state index in [1.54, 1.807) is 29.1 Å². The molecular formula is C13H14ClN3O2. The summed E-state index contributed by atoms with van der Waals surface area (Å²) in [5.74, 6) is 0.260. The lowest BCUT2D eigenvalue weighted by Crippen LogP contribution is -2.23. The summed E-state index contributed by atoms with van der Waals surface area (Å²) in [6, 6.07) is 4.93. The van der Waals surface area contributed by atoms with Gasteiger partial charge in [-0.2, -0.15) is 5.10 Å². The number of nitrogens with zero attached hydrogens (tertiary/aromatic N) is 2. The van der Waals surface area contributed by atoms with E-state index in [0.29, 0.717) is 22.9 Å². The molecule has 0 atom stereocenters. The Morgan fingerprint density at radius 3 is 2.95 bits per heavy atom. The molecule has 0 spiro atoms. The quantitative estimate of drug-likeness (QED) is 0.931. The number of benzene rings is 1. The van der Waals surface area contributed by atoms with Gasteiger partial charge in [0.1, 0.15) is 5.75 Å². The van der Waals surface area contributed by atoms with Gasteiger partial charge in [-0.3, -0.25) is 9.48 Å². The van der Waals surface area contributed by atoms with Crippen molar-refractivity contribution in [3.63, 3.8) is 0 Å². The second-order valence-electron chi connectivity index (χ2n) is 4.05. The fourth-order valence-corrected chi connectivity index (χ4v) is 1.87. The zero-order valence-electron chi connectivity index (χ0n) is 10.7. The number of halogens is 1. The first kappa shape index (κ1) is 13.4. The lowest BCUT2D eigenvalue weighted by atomic mass is 10.2. The Hall–Kier alpha value is -2.01. The van der Waals surface area contributed by atoms with E-state index in [1.165, 1.54) is 7.11 Å². The van der Waals surface area contributed by atoms with Gasteiger partial charge in [0.25, 0.3) is 5.91 Å². The first-order chi connectivity index (χ1) is 9.10. The molecule has 0 aliphatic heterocycles. The average Bonchev–Trinajstić information content (AvgIpc) is 2.81. The van der Waals surface area contributed by atoms with E-state index in [-0.39, 0.29) is 5.91 Å². The highest BCUT2D eigenvalue weighted by molar-refractivity contribution is 6.31. The Balaban J connectivity index is 2.09. The number of methoxy groups -OCH3 is 1. The third kappa shape index (κ3) is 3.26. The molecule has 2 aromatic rings. The van der Waals surface area contributed by atoms with Gasteiger partial charge in [0.05, 0.1) is 18.9 Å². The second kappa shape index (κ2) is 5.75. The normalized spacial score (nSPS) is 10.3. The van der Waals surface area contributed by atoms with Crippen LogP contribution in [0.4, 0.5) is 0 Å². The van der Waals surface area contributed by atoms with Crippen molar-refractivity contribution in [2.45, 2.75) is 6.54 Å². The van der Waals surface area contributed by atoms with Gasteiger partial charge < -0.3 is 10.1 Å². The number of rotatable bonds is 4. The van der Waals surface area contributed by atoms with E-state index in [4.69, 9.17) is 16.3 Å². The molecule has 19 heavy (non-hydrogen) atoms. The molecule has 0 aliphatic rings. The van der Waals surface area contributed by atoms with Crippen LogP contribution in [-0.4, -0.2) is 22.8 Å². The van der Waals surface area contributed by atoms with Gasteiger partial charge in [-0.25, -0.2) is 0 Å². The highest BCUT2D eigenvalue weighted by Gasteiger charge is 2.12. The van der Waals surface area contributed by atoms with Gasteiger partial charge >= 0.3 is 0 Å². The molecule has 0 saturated carbocycles. The topological polar surface area (TPSA) is 56.1 Å². The van der Waals surface area contributed by atoms with Crippen LogP contribution in [0, 0.1) is 0 Å². The molecule has 100 valence electrons. The monoisotopic (exact) mass is 279 g/mol. The molecule has 0 bridgehead atoms. The molecule has 0 aliphatic carbocycles. The van der Waals surface area contributed by atoms with Crippen LogP contribution in [0.15, 0.2) is 30.6 Å². The van der Waals surface area contributed by atoms with Crippen LogP contribution < -0.4 is 10.1 Å². The van der Waals surface area contributed by atoms with Crippen molar-refractivity contribution < 1.29 is 9.53 Å². The molecule has 0 radical (unpaired) electrons. The molecule has 1 aromatic carbocycles. The Morgan fingerprint density at radius 2 is 2.32 bits per heavy atom. The number of carbonyl (C=O) groups excluding carboxylic acids is 1. The number of hydrogen-bond acceptors (Lipinski definition) is 3. The second-order valence-corrected chi connectivity index (χ2v) is 4.49. The van der Waals surface area contributed by atoms with Crippen LogP contribution in [-0.2, 0) is 13.6 Å². The number of nitrogens with one attached hydrogen (secondary N) is 1. The zero-order valence-corrected chi connectivity index (χ0v) is 11.4. The largest absolute Gasteiger partial charge is 0.496 e. The maximum absolute atomic E-state index is 12.1. The van der Waals surface area contributed by atoms with E-state index in [9.17, 15) is 4.79 Å². The van der Waals surface area contributed by atoms with Gasteiger partial charge in [0.15, 0.2) is 0 Å². The van der Waals surface area contributed by atoms with Crippen molar-refractivity contribution in [1.29, 1.82) is 0 Å². The van der Waals surface area contributed by atoms with Crippen molar-refractivity contribution in [3.05, 3.63) is 46.7 Å². The maximum atomic E-state index is 12.1. The van der Waals surface area contributed by atoms with Crippen molar-refractivity contribution in [2.75, 3.05) is 7.11 Å². The molecule has 6 heteroatoms. The minimum Gasteiger partial charge on any atom is -0.496 e. The molecule has 1 aromatic heterocycles. The van der Waals surface area contributed by atoms with Crippen molar-refractivity contribution in [2.24, 2.45) is 7.05 Å². The third-order valence-electron chi connectivity index (χ3n) is 2.62. The average molecular weight is 280 g/mol. The van der Waals surface area contributed by atoms with Crippen LogP contribution in [0.25, 0.3) is 0 Å². The SMILES string of the molecule is COc1ccc(Cl)cc1C(=O)NCc1cnn(C)c1. The number of aryl methyl sites for hydroxylation is 1. The summed E-state index contributed by atoms with van der Waals surface area (Å²) >= 11 is 5.89. The van der Waals surface area contributed by atoms with Gasteiger partial charge in [-0.15, -0.1) is 0 Å². The molecule has 5 nitrogen and oxygen atoms in total. The highest BCUT2D eigenvalue weighted by atomic mass is 35.5. The van der Waals surface area contributed by atoms with Gasteiger partial charge in [0.2, 0.25) is 0 Å². The van der Waals surface area contributed by atoms with Gasteiger partial charge in [-0.05, 0) is 18.2 Å².